The van der Waals surface area contributed by atoms with Gasteiger partial charge in [-0.1, -0.05) is 47.6 Å². The number of oxazole rings is 1. The molecule has 0 spiro atoms. The van der Waals surface area contributed by atoms with Crippen molar-refractivity contribution in [1.82, 2.24) is 4.98 Å². The highest BCUT2D eigenvalue weighted by molar-refractivity contribution is 5.58. The minimum Gasteiger partial charge on any atom is -0.441 e. The lowest BCUT2D eigenvalue weighted by atomic mass is 9.74. The molecule has 2 heteroatoms. The Morgan fingerprint density at radius 2 is 1.50 bits per heavy atom. The van der Waals surface area contributed by atoms with Gasteiger partial charge in [-0.3, -0.25) is 0 Å². The van der Waals surface area contributed by atoms with Crippen LogP contribution in [0, 0.1) is 6.92 Å². The standard InChI is InChI=1S/C18H25NO/c1-12-11-19-16(20-12)13-8-9-14(17(2,3)4)15(10-13)18(5,6)7/h8-11H,1-7H3. The summed E-state index contributed by atoms with van der Waals surface area (Å²) in [5.74, 6) is 1.55. The minimum atomic E-state index is 0.0975. The van der Waals surface area contributed by atoms with Crippen molar-refractivity contribution in [2.75, 3.05) is 0 Å². The maximum atomic E-state index is 5.65. The molecular weight excluding hydrogens is 246 g/mol. The van der Waals surface area contributed by atoms with Crippen LogP contribution >= 0.6 is 0 Å². The van der Waals surface area contributed by atoms with Crippen molar-refractivity contribution < 1.29 is 4.42 Å². The van der Waals surface area contributed by atoms with E-state index in [1.807, 2.05) is 6.92 Å². The van der Waals surface area contributed by atoms with Crippen LogP contribution in [0.25, 0.3) is 11.5 Å². The topological polar surface area (TPSA) is 26.0 Å². The summed E-state index contributed by atoms with van der Waals surface area (Å²) in [6, 6.07) is 6.56. The Bertz CT molecular complexity index is 609. The van der Waals surface area contributed by atoms with Gasteiger partial charge in [-0.2, -0.15) is 0 Å². The molecule has 0 fully saturated rings. The first-order valence-electron chi connectivity index (χ1n) is 7.17. The van der Waals surface area contributed by atoms with E-state index < -0.39 is 0 Å². The molecule has 2 aromatic rings. The molecule has 0 radical (unpaired) electrons. The van der Waals surface area contributed by atoms with Crippen LogP contribution in [-0.4, -0.2) is 4.98 Å². The molecule has 0 saturated heterocycles. The average molecular weight is 271 g/mol. The third kappa shape index (κ3) is 2.95. The normalized spacial score (nSPS) is 12.8. The van der Waals surface area contributed by atoms with Crippen molar-refractivity contribution >= 4 is 0 Å². The maximum Gasteiger partial charge on any atom is 0.226 e. The Hall–Kier alpha value is -1.57. The first-order valence-corrected chi connectivity index (χ1v) is 7.17. The van der Waals surface area contributed by atoms with Crippen molar-refractivity contribution in [3.8, 4) is 11.5 Å². The summed E-state index contributed by atoms with van der Waals surface area (Å²) < 4.78 is 5.65. The maximum absolute atomic E-state index is 5.65. The van der Waals surface area contributed by atoms with Gasteiger partial charge in [0.15, 0.2) is 0 Å². The van der Waals surface area contributed by atoms with Gasteiger partial charge in [0.2, 0.25) is 5.89 Å². The van der Waals surface area contributed by atoms with Gasteiger partial charge in [0.1, 0.15) is 5.76 Å². The fraction of sp³-hybridized carbons (Fsp3) is 0.500. The largest absolute Gasteiger partial charge is 0.441 e. The number of hydrogen-bond donors (Lipinski definition) is 0. The smallest absolute Gasteiger partial charge is 0.226 e. The quantitative estimate of drug-likeness (QED) is 0.708. The van der Waals surface area contributed by atoms with Gasteiger partial charge in [0.05, 0.1) is 6.20 Å². The van der Waals surface area contributed by atoms with Crippen LogP contribution in [0.5, 0.6) is 0 Å². The Morgan fingerprint density at radius 3 is 1.95 bits per heavy atom. The second kappa shape index (κ2) is 4.76. The van der Waals surface area contributed by atoms with Crippen LogP contribution < -0.4 is 0 Å². The Balaban J connectivity index is 2.61. The van der Waals surface area contributed by atoms with Crippen molar-refractivity contribution in [3.63, 3.8) is 0 Å². The minimum absolute atomic E-state index is 0.0975. The molecule has 0 aliphatic carbocycles. The molecule has 108 valence electrons. The van der Waals surface area contributed by atoms with E-state index in [1.54, 1.807) is 6.20 Å². The summed E-state index contributed by atoms with van der Waals surface area (Å²) in [7, 11) is 0. The Kier molecular flexibility index (Phi) is 3.53. The summed E-state index contributed by atoms with van der Waals surface area (Å²) in [6.45, 7) is 15.4. The highest BCUT2D eigenvalue weighted by Gasteiger charge is 2.25. The highest BCUT2D eigenvalue weighted by atomic mass is 16.4. The summed E-state index contributed by atoms with van der Waals surface area (Å²) >= 11 is 0. The Labute approximate surface area is 122 Å². The fourth-order valence-electron chi connectivity index (χ4n) is 2.44. The second-order valence-electron chi connectivity index (χ2n) is 7.54. The number of benzene rings is 1. The summed E-state index contributed by atoms with van der Waals surface area (Å²) in [6.07, 6.45) is 1.77. The zero-order valence-electron chi connectivity index (χ0n) is 13.7. The van der Waals surface area contributed by atoms with Gasteiger partial charge in [-0.25, -0.2) is 4.98 Å². The predicted molar refractivity (Wildman–Crippen MR) is 84.1 cm³/mol. The number of aryl methyl sites for hydroxylation is 1. The molecule has 0 saturated carbocycles. The number of aromatic nitrogens is 1. The summed E-state index contributed by atoms with van der Waals surface area (Å²) in [5.41, 5.74) is 4.03. The number of nitrogens with zero attached hydrogens (tertiary/aromatic N) is 1. The molecule has 0 amide bonds. The molecule has 1 aromatic heterocycles. The van der Waals surface area contributed by atoms with E-state index >= 15 is 0 Å². The molecule has 1 aromatic carbocycles. The van der Waals surface area contributed by atoms with Gasteiger partial charge < -0.3 is 4.42 Å². The van der Waals surface area contributed by atoms with E-state index in [0.717, 1.165) is 11.3 Å². The number of rotatable bonds is 1. The first kappa shape index (κ1) is 14.8. The van der Waals surface area contributed by atoms with E-state index in [1.165, 1.54) is 11.1 Å². The second-order valence-corrected chi connectivity index (χ2v) is 7.54. The molecule has 1 heterocycles. The van der Waals surface area contributed by atoms with Crippen LogP contribution in [0.3, 0.4) is 0 Å². The SMILES string of the molecule is Cc1cnc(-c2ccc(C(C)(C)C)c(C(C)(C)C)c2)o1. The first-order chi connectivity index (χ1) is 9.09. The van der Waals surface area contributed by atoms with Gasteiger partial charge in [-0.15, -0.1) is 0 Å². The monoisotopic (exact) mass is 271 g/mol. The Morgan fingerprint density at radius 1 is 0.900 bits per heavy atom. The molecule has 0 unspecified atom stereocenters. The van der Waals surface area contributed by atoms with Crippen LogP contribution in [0.1, 0.15) is 58.4 Å². The van der Waals surface area contributed by atoms with E-state index in [2.05, 4.69) is 64.7 Å². The van der Waals surface area contributed by atoms with Gasteiger partial charge in [0, 0.05) is 5.56 Å². The summed E-state index contributed by atoms with van der Waals surface area (Å²) in [5, 5.41) is 0. The van der Waals surface area contributed by atoms with Crippen molar-refractivity contribution in [3.05, 3.63) is 41.3 Å². The lowest BCUT2D eigenvalue weighted by Crippen LogP contribution is -2.21. The molecule has 2 nitrogen and oxygen atoms in total. The lowest BCUT2D eigenvalue weighted by Gasteiger charge is -2.30. The van der Waals surface area contributed by atoms with Gasteiger partial charge in [0.25, 0.3) is 0 Å². The lowest BCUT2D eigenvalue weighted by molar-refractivity contribution is 0.527. The van der Waals surface area contributed by atoms with Crippen molar-refractivity contribution in [2.24, 2.45) is 0 Å². The third-order valence-electron chi connectivity index (χ3n) is 3.50. The predicted octanol–water partition coefficient (Wildman–Crippen LogP) is 5.25. The summed E-state index contributed by atoms with van der Waals surface area (Å²) in [4.78, 5) is 4.33. The van der Waals surface area contributed by atoms with E-state index in [9.17, 15) is 0 Å². The average Bonchev–Trinajstić information content (AvgIpc) is 2.73. The molecule has 20 heavy (non-hydrogen) atoms. The molecule has 0 bridgehead atoms. The molecule has 2 rings (SSSR count). The molecule has 0 N–H and O–H groups in total. The van der Waals surface area contributed by atoms with E-state index in [0.29, 0.717) is 5.89 Å². The van der Waals surface area contributed by atoms with Gasteiger partial charge >= 0.3 is 0 Å². The molecule has 0 aliphatic heterocycles. The van der Waals surface area contributed by atoms with Crippen molar-refractivity contribution in [2.45, 2.75) is 59.3 Å². The number of hydrogen-bond acceptors (Lipinski definition) is 2. The van der Waals surface area contributed by atoms with E-state index in [4.69, 9.17) is 4.42 Å². The third-order valence-corrected chi connectivity index (χ3v) is 3.50. The van der Waals surface area contributed by atoms with Crippen molar-refractivity contribution in [1.29, 1.82) is 0 Å². The molecular formula is C18H25NO. The molecule has 0 atom stereocenters. The fourth-order valence-corrected chi connectivity index (χ4v) is 2.44. The van der Waals surface area contributed by atoms with E-state index in [-0.39, 0.29) is 10.8 Å². The van der Waals surface area contributed by atoms with Crippen LogP contribution in [-0.2, 0) is 10.8 Å². The zero-order chi connectivity index (χ0) is 15.1. The zero-order valence-corrected chi connectivity index (χ0v) is 13.7. The van der Waals surface area contributed by atoms with Crippen LogP contribution in [0.2, 0.25) is 0 Å². The van der Waals surface area contributed by atoms with Crippen LogP contribution in [0.15, 0.2) is 28.8 Å². The molecule has 0 aliphatic rings. The van der Waals surface area contributed by atoms with Crippen LogP contribution in [0.4, 0.5) is 0 Å². The van der Waals surface area contributed by atoms with Gasteiger partial charge in [-0.05, 0) is 41.0 Å². The highest BCUT2D eigenvalue weighted by Crippen LogP contribution is 2.36.